The summed E-state index contributed by atoms with van der Waals surface area (Å²) in [7, 11) is 1.64. The van der Waals surface area contributed by atoms with Crippen LogP contribution in [-0.2, 0) is 6.42 Å². The maximum absolute atomic E-state index is 11.0. The van der Waals surface area contributed by atoms with Crippen LogP contribution in [-0.4, -0.2) is 13.0 Å². The monoisotopic (exact) mass is 169 g/mol. The van der Waals surface area contributed by atoms with Crippen LogP contribution < -0.4 is 5.32 Å². The van der Waals surface area contributed by atoms with Crippen LogP contribution in [0.5, 0.6) is 0 Å². The summed E-state index contributed by atoms with van der Waals surface area (Å²) in [4.78, 5) is 12.3. The van der Waals surface area contributed by atoms with Crippen molar-refractivity contribution >= 4 is 17.2 Å². The Bertz CT molecular complexity index is 254. The second kappa shape index (κ2) is 3.53. The quantitative estimate of drug-likeness (QED) is 0.717. The van der Waals surface area contributed by atoms with Crippen LogP contribution in [0.4, 0.5) is 0 Å². The topological polar surface area (TPSA) is 29.1 Å². The molecule has 0 aliphatic rings. The molecule has 1 aromatic rings. The predicted molar refractivity (Wildman–Crippen MR) is 47.1 cm³/mol. The highest BCUT2D eigenvalue weighted by Gasteiger charge is 2.04. The molecule has 0 aromatic carbocycles. The van der Waals surface area contributed by atoms with Crippen LogP contribution in [0.15, 0.2) is 11.4 Å². The molecule has 1 rings (SSSR count). The molecule has 0 fully saturated rings. The minimum absolute atomic E-state index is 0.000880. The first kappa shape index (κ1) is 8.27. The predicted octanol–water partition coefficient (Wildman–Crippen LogP) is 1.67. The number of carbonyl (C=O) groups excluding carboxylic acids is 1. The van der Waals surface area contributed by atoms with Crippen LogP contribution in [0.3, 0.4) is 0 Å². The van der Waals surface area contributed by atoms with E-state index < -0.39 is 0 Å². The molecule has 1 N–H and O–H groups in total. The molecule has 2 nitrogen and oxygen atoms in total. The van der Waals surface area contributed by atoms with Gasteiger partial charge in [0.05, 0.1) is 5.56 Å². The Kier molecular flexibility index (Phi) is 2.65. The highest BCUT2D eigenvalue weighted by Crippen LogP contribution is 2.14. The maximum atomic E-state index is 11.0. The van der Waals surface area contributed by atoms with E-state index in [4.69, 9.17) is 0 Å². The number of rotatable bonds is 2. The Hall–Kier alpha value is -0.830. The molecule has 0 aliphatic heterocycles. The van der Waals surface area contributed by atoms with E-state index in [1.54, 1.807) is 18.4 Å². The molecule has 0 saturated heterocycles. The van der Waals surface area contributed by atoms with Gasteiger partial charge in [-0.15, -0.1) is 11.3 Å². The maximum Gasteiger partial charge on any atom is 0.251 e. The van der Waals surface area contributed by atoms with E-state index in [1.165, 1.54) is 4.88 Å². The largest absolute Gasteiger partial charge is 0.355 e. The van der Waals surface area contributed by atoms with E-state index in [-0.39, 0.29) is 5.91 Å². The van der Waals surface area contributed by atoms with Crippen molar-refractivity contribution in [2.45, 2.75) is 13.3 Å². The fourth-order valence-electron chi connectivity index (χ4n) is 0.829. The Morgan fingerprint density at radius 1 is 1.73 bits per heavy atom. The van der Waals surface area contributed by atoms with Gasteiger partial charge in [0.2, 0.25) is 0 Å². The first-order valence-electron chi connectivity index (χ1n) is 3.57. The van der Waals surface area contributed by atoms with Crippen molar-refractivity contribution in [1.29, 1.82) is 0 Å². The lowest BCUT2D eigenvalue weighted by molar-refractivity contribution is 0.0963. The number of aryl methyl sites for hydroxylation is 1. The van der Waals surface area contributed by atoms with Gasteiger partial charge in [-0.2, -0.15) is 0 Å². The summed E-state index contributed by atoms with van der Waals surface area (Å²) in [6.07, 6.45) is 1.00. The van der Waals surface area contributed by atoms with Crippen LogP contribution >= 0.6 is 11.3 Å². The van der Waals surface area contributed by atoms with Gasteiger partial charge in [0, 0.05) is 17.3 Å². The van der Waals surface area contributed by atoms with Gasteiger partial charge in [0.1, 0.15) is 0 Å². The van der Waals surface area contributed by atoms with Gasteiger partial charge >= 0.3 is 0 Å². The standard InChI is InChI=1S/C8H11NOS/c1-3-7-4-6(5-11-7)8(10)9-2/h4-5H,3H2,1-2H3,(H,9,10). The molecular formula is C8H11NOS. The van der Waals surface area contributed by atoms with E-state index in [0.29, 0.717) is 0 Å². The highest BCUT2D eigenvalue weighted by molar-refractivity contribution is 7.10. The van der Waals surface area contributed by atoms with E-state index in [2.05, 4.69) is 12.2 Å². The van der Waals surface area contributed by atoms with Gasteiger partial charge < -0.3 is 5.32 Å². The summed E-state index contributed by atoms with van der Waals surface area (Å²) >= 11 is 1.63. The van der Waals surface area contributed by atoms with Crippen LogP contribution in [0, 0.1) is 0 Å². The summed E-state index contributed by atoms with van der Waals surface area (Å²) in [6.45, 7) is 2.08. The smallest absolute Gasteiger partial charge is 0.251 e. The third-order valence-electron chi connectivity index (χ3n) is 1.49. The molecule has 1 amide bonds. The second-order valence-corrected chi connectivity index (χ2v) is 3.23. The third kappa shape index (κ3) is 1.80. The zero-order chi connectivity index (χ0) is 8.27. The molecule has 60 valence electrons. The summed E-state index contributed by atoms with van der Waals surface area (Å²) in [5, 5.41) is 4.47. The number of carbonyl (C=O) groups is 1. The minimum Gasteiger partial charge on any atom is -0.355 e. The van der Waals surface area contributed by atoms with Gasteiger partial charge in [-0.3, -0.25) is 4.79 Å². The number of hydrogen-bond acceptors (Lipinski definition) is 2. The van der Waals surface area contributed by atoms with Crippen LogP contribution in [0.25, 0.3) is 0 Å². The molecule has 0 unspecified atom stereocenters. The fraction of sp³-hybridized carbons (Fsp3) is 0.375. The van der Waals surface area contributed by atoms with Gasteiger partial charge in [-0.1, -0.05) is 6.92 Å². The zero-order valence-corrected chi connectivity index (χ0v) is 7.49. The summed E-state index contributed by atoms with van der Waals surface area (Å²) in [5.74, 6) is 0.000880. The van der Waals surface area contributed by atoms with Gasteiger partial charge in [-0.05, 0) is 12.5 Å². The molecule has 0 radical (unpaired) electrons. The first-order valence-corrected chi connectivity index (χ1v) is 4.45. The Balaban J connectivity index is 2.80. The van der Waals surface area contributed by atoms with Crippen molar-refractivity contribution in [1.82, 2.24) is 5.32 Å². The first-order chi connectivity index (χ1) is 5.27. The average molecular weight is 169 g/mol. The summed E-state index contributed by atoms with van der Waals surface area (Å²) < 4.78 is 0. The summed E-state index contributed by atoms with van der Waals surface area (Å²) in [6, 6.07) is 1.93. The lowest BCUT2D eigenvalue weighted by atomic mass is 10.3. The van der Waals surface area contributed by atoms with Crippen LogP contribution in [0.2, 0.25) is 0 Å². The van der Waals surface area contributed by atoms with E-state index in [1.807, 2.05) is 11.4 Å². The number of hydrogen-bond donors (Lipinski definition) is 1. The third-order valence-corrected chi connectivity index (χ3v) is 2.57. The Morgan fingerprint density at radius 2 is 2.45 bits per heavy atom. The molecule has 3 heteroatoms. The SMILES string of the molecule is CCc1cc(C(=O)NC)cs1. The molecule has 1 aromatic heterocycles. The zero-order valence-electron chi connectivity index (χ0n) is 6.68. The van der Waals surface area contributed by atoms with Gasteiger partial charge in [0.25, 0.3) is 5.91 Å². The van der Waals surface area contributed by atoms with Gasteiger partial charge in [-0.25, -0.2) is 0 Å². The second-order valence-electron chi connectivity index (χ2n) is 2.23. The molecule has 11 heavy (non-hydrogen) atoms. The van der Waals surface area contributed by atoms with Gasteiger partial charge in [0.15, 0.2) is 0 Å². The number of nitrogens with one attached hydrogen (secondary N) is 1. The fourth-order valence-corrected chi connectivity index (χ4v) is 1.64. The van der Waals surface area contributed by atoms with Crippen molar-refractivity contribution < 1.29 is 4.79 Å². The molecule has 0 saturated carbocycles. The van der Waals surface area contributed by atoms with E-state index in [0.717, 1.165) is 12.0 Å². The molecule has 0 aliphatic carbocycles. The normalized spacial score (nSPS) is 9.64. The lowest BCUT2D eigenvalue weighted by Crippen LogP contribution is -2.16. The average Bonchev–Trinajstić information content (AvgIpc) is 2.50. The Morgan fingerprint density at radius 3 is 2.91 bits per heavy atom. The highest BCUT2D eigenvalue weighted by atomic mass is 32.1. The van der Waals surface area contributed by atoms with E-state index in [9.17, 15) is 4.79 Å². The van der Waals surface area contributed by atoms with Crippen molar-refractivity contribution in [3.8, 4) is 0 Å². The van der Waals surface area contributed by atoms with E-state index >= 15 is 0 Å². The van der Waals surface area contributed by atoms with Crippen molar-refractivity contribution in [3.63, 3.8) is 0 Å². The van der Waals surface area contributed by atoms with Crippen molar-refractivity contribution in [2.75, 3.05) is 7.05 Å². The lowest BCUT2D eigenvalue weighted by Gasteiger charge is -1.91. The summed E-state index contributed by atoms with van der Waals surface area (Å²) in [5.41, 5.74) is 0.773. The molecular weight excluding hydrogens is 158 g/mol. The van der Waals surface area contributed by atoms with Crippen molar-refractivity contribution in [2.24, 2.45) is 0 Å². The minimum atomic E-state index is 0.000880. The molecule has 0 spiro atoms. The molecule has 0 atom stereocenters. The number of thiophene rings is 1. The number of amides is 1. The Labute approximate surface area is 70.2 Å². The molecule has 0 bridgehead atoms. The molecule has 1 heterocycles. The van der Waals surface area contributed by atoms with Crippen LogP contribution in [0.1, 0.15) is 22.2 Å². The van der Waals surface area contributed by atoms with Crippen molar-refractivity contribution in [3.05, 3.63) is 21.9 Å².